The van der Waals surface area contributed by atoms with E-state index in [9.17, 15) is 5.11 Å². The Morgan fingerprint density at radius 3 is 2.26 bits per heavy atom. The van der Waals surface area contributed by atoms with E-state index in [1.165, 1.54) is 5.56 Å². The number of imidazole rings is 1. The lowest BCUT2D eigenvalue weighted by Crippen LogP contribution is -2.02. The van der Waals surface area contributed by atoms with Crippen LogP contribution in [0.5, 0.6) is 5.75 Å². The maximum atomic E-state index is 9.86. The van der Waals surface area contributed by atoms with E-state index in [0.29, 0.717) is 6.54 Å². The Bertz CT molecular complexity index is 943. The standard InChI is InChI=1S/C20H16N2O/c23-17-11-12-18-19(13-17)22(14-15-7-3-1-4-8-15)20(21-18)16-9-5-2-6-10-16/h1-13,23H,14H2. The average molecular weight is 300 g/mol. The van der Waals surface area contributed by atoms with Crippen LogP contribution in [0.15, 0.2) is 78.9 Å². The third-order valence-electron chi connectivity index (χ3n) is 3.95. The summed E-state index contributed by atoms with van der Waals surface area (Å²) in [4.78, 5) is 4.77. The lowest BCUT2D eigenvalue weighted by atomic mass is 10.2. The number of phenolic OH excluding ortho intramolecular Hbond substituents is 1. The van der Waals surface area contributed by atoms with Gasteiger partial charge in [-0.25, -0.2) is 4.98 Å². The van der Waals surface area contributed by atoms with E-state index in [4.69, 9.17) is 4.98 Å². The topological polar surface area (TPSA) is 38.1 Å². The molecule has 0 fully saturated rings. The second-order valence-corrected chi connectivity index (χ2v) is 5.55. The van der Waals surface area contributed by atoms with Crippen LogP contribution in [0.2, 0.25) is 0 Å². The maximum absolute atomic E-state index is 9.86. The van der Waals surface area contributed by atoms with Crippen molar-refractivity contribution in [1.82, 2.24) is 9.55 Å². The van der Waals surface area contributed by atoms with Crippen LogP contribution < -0.4 is 0 Å². The minimum Gasteiger partial charge on any atom is -0.508 e. The van der Waals surface area contributed by atoms with Crippen molar-refractivity contribution in [3.05, 3.63) is 84.4 Å². The second kappa shape index (κ2) is 5.61. The molecule has 0 unspecified atom stereocenters. The molecule has 0 atom stereocenters. The Balaban J connectivity index is 1.93. The summed E-state index contributed by atoms with van der Waals surface area (Å²) in [5, 5.41) is 9.86. The molecule has 1 heterocycles. The molecule has 4 rings (SSSR count). The van der Waals surface area contributed by atoms with Gasteiger partial charge in [0.15, 0.2) is 0 Å². The maximum Gasteiger partial charge on any atom is 0.141 e. The third-order valence-corrected chi connectivity index (χ3v) is 3.95. The summed E-state index contributed by atoms with van der Waals surface area (Å²) in [7, 11) is 0. The summed E-state index contributed by atoms with van der Waals surface area (Å²) >= 11 is 0. The zero-order valence-corrected chi connectivity index (χ0v) is 12.6. The molecule has 0 bridgehead atoms. The summed E-state index contributed by atoms with van der Waals surface area (Å²) in [5.41, 5.74) is 4.09. The quantitative estimate of drug-likeness (QED) is 0.606. The van der Waals surface area contributed by atoms with Gasteiger partial charge in [-0.1, -0.05) is 60.7 Å². The number of fused-ring (bicyclic) bond motifs is 1. The number of nitrogens with zero attached hydrogens (tertiary/aromatic N) is 2. The van der Waals surface area contributed by atoms with Crippen LogP contribution in [0, 0.1) is 0 Å². The first kappa shape index (κ1) is 13.6. The van der Waals surface area contributed by atoms with Gasteiger partial charge in [0.05, 0.1) is 11.0 Å². The molecule has 3 heteroatoms. The first-order valence-electron chi connectivity index (χ1n) is 7.60. The predicted octanol–water partition coefficient (Wildman–Crippen LogP) is 4.46. The van der Waals surface area contributed by atoms with Gasteiger partial charge in [-0.3, -0.25) is 0 Å². The van der Waals surface area contributed by atoms with Gasteiger partial charge in [0.25, 0.3) is 0 Å². The van der Waals surface area contributed by atoms with Crippen molar-refractivity contribution in [1.29, 1.82) is 0 Å². The largest absolute Gasteiger partial charge is 0.508 e. The molecule has 0 saturated heterocycles. The van der Waals surface area contributed by atoms with Crippen molar-refractivity contribution in [2.24, 2.45) is 0 Å². The molecule has 1 N–H and O–H groups in total. The Kier molecular flexibility index (Phi) is 3.31. The SMILES string of the molecule is Oc1ccc2nc(-c3ccccc3)n(Cc3ccccc3)c2c1. The normalized spacial score (nSPS) is 11.0. The summed E-state index contributed by atoms with van der Waals surface area (Å²) in [6.45, 7) is 0.713. The van der Waals surface area contributed by atoms with E-state index < -0.39 is 0 Å². The van der Waals surface area contributed by atoms with Crippen molar-refractivity contribution in [3.8, 4) is 17.1 Å². The van der Waals surface area contributed by atoms with E-state index in [1.54, 1.807) is 12.1 Å². The van der Waals surface area contributed by atoms with Gasteiger partial charge in [-0.15, -0.1) is 0 Å². The number of benzene rings is 3. The van der Waals surface area contributed by atoms with Crippen molar-refractivity contribution in [2.45, 2.75) is 6.54 Å². The highest BCUT2D eigenvalue weighted by Gasteiger charge is 2.13. The second-order valence-electron chi connectivity index (χ2n) is 5.55. The van der Waals surface area contributed by atoms with Crippen molar-refractivity contribution in [2.75, 3.05) is 0 Å². The third kappa shape index (κ3) is 2.57. The van der Waals surface area contributed by atoms with Crippen LogP contribution in [-0.4, -0.2) is 14.7 Å². The Labute approximate surface area is 134 Å². The van der Waals surface area contributed by atoms with E-state index >= 15 is 0 Å². The molecule has 0 spiro atoms. The summed E-state index contributed by atoms with van der Waals surface area (Å²) in [6.07, 6.45) is 0. The van der Waals surface area contributed by atoms with Gasteiger partial charge in [0.2, 0.25) is 0 Å². The molecule has 112 valence electrons. The van der Waals surface area contributed by atoms with E-state index in [2.05, 4.69) is 28.8 Å². The molecule has 1 aromatic heterocycles. The number of hydrogen-bond acceptors (Lipinski definition) is 2. The molecule has 0 saturated carbocycles. The molecule has 0 amide bonds. The predicted molar refractivity (Wildman–Crippen MR) is 92.4 cm³/mol. The number of aromatic hydroxyl groups is 1. The van der Waals surface area contributed by atoms with E-state index in [1.807, 2.05) is 42.5 Å². The summed E-state index contributed by atoms with van der Waals surface area (Å²) in [5.74, 6) is 1.17. The van der Waals surface area contributed by atoms with Crippen molar-refractivity contribution >= 4 is 11.0 Å². The average Bonchev–Trinajstić information content (AvgIpc) is 2.95. The molecule has 0 aliphatic carbocycles. The number of hydrogen-bond donors (Lipinski definition) is 1. The molecular weight excluding hydrogens is 284 g/mol. The minimum atomic E-state index is 0.256. The summed E-state index contributed by atoms with van der Waals surface area (Å²) < 4.78 is 2.15. The molecule has 23 heavy (non-hydrogen) atoms. The van der Waals surface area contributed by atoms with E-state index in [0.717, 1.165) is 22.4 Å². The Morgan fingerprint density at radius 1 is 0.826 bits per heavy atom. The zero-order valence-electron chi connectivity index (χ0n) is 12.6. The minimum absolute atomic E-state index is 0.256. The molecule has 3 nitrogen and oxygen atoms in total. The van der Waals surface area contributed by atoms with Crippen molar-refractivity contribution < 1.29 is 5.11 Å². The molecule has 0 aliphatic rings. The molecule has 0 radical (unpaired) electrons. The fraction of sp³-hybridized carbons (Fsp3) is 0.0500. The fourth-order valence-corrected chi connectivity index (χ4v) is 2.84. The molecule has 3 aromatic carbocycles. The van der Waals surface area contributed by atoms with Gasteiger partial charge in [0, 0.05) is 18.2 Å². The monoisotopic (exact) mass is 300 g/mol. The smallest absolute Gasteiger partial charge is 0.141 e. The lowest BCUT2D eigenvalue weighted by molar-refractivity contribution is 0.476. The summed E-state index contributed by atoms with van der Waals surface area (Å²) in [6, 6.07) is 25.7. The molecule has 4 aromatic rings. The van der Waals surface area contributed by atoms with Crippen LogP contribution in [0.4, 0.5) is 0 Å². The highest BCUT2D eigenvalue weighted by molar-refractivity contribution is 5.82. The zero-order chi connectivity index (χ0) is 15.6. The number of rotatable bonds is 3. The van der Waals surface area contributed by atoms with Crippen LogP contribution >= 0.6 is 0 Å². The fourth-order valence-electron chi connectivity index (χ4n) is 2.84. The van der Waals surface area contributed by atoms with Gasteiger partial charge >= 0.3 is 0 Å². The molecule has 0 aliphatic heterocycles. The number of phenols is 1. The Morgan fingerprint density at radius 2 is 1.52 bits per heavy atom. The van der Waals surface area contributed by atoms with E-state index in [-0.39, 0.29) is 5.75 Å². The van der Waals surface area contributed by atoms with Gasteiger partial charge in [-0.05, 0) is 17.7 Å². The van der Waals surface area contributed by atoms with Crippen LogP contribution in [0.3, 0.4) is 0 Å². The Hall–Kier alpha value is -3.07. The van der Waals surface area contributed by atoms with Gasteiger partial charge in [-0.2, -0.15) is 0 Å². The highest BCUT2D eigenvalue weighted by Crippen LogP contribution is 2.28. The van der Waals surface area contributed by atoms with Crippen LogP contribution in [-0.2, 0) is 6.54 Å². The number of aromatic nitrogens is 2. The van der Waals surface area contributed by atoms with Crippen LogP contribution in [0.25, 0.3) is 22.4 Å². The lowest BCUT2D eigenvalue weighted by Gasteiger charge is -2.10. The van der Waals surface area contributed by atoms with Gasteiger partial charge < -0.3 is 9.67 Å². The molecular formula is C20H16N2O. The first-order valence-corrected chi connectivity index (χ1v) is 7.60. The van der Waals surface area contributed by atoms with Crippen LogP contribution in [0.1, 0.15) is 5.56 Å². The first-order chi connectivity index (χ1) is 11.3. The van der Waals surface area contributed by atoms with Gasteiger partial charge in [0.1, 0.15) is 11.6 Å². The highest BCUT2D eigenvalue weighted by atomic mass is 16.3. The van der Waals surface area contributed by atoms with Crippen molar-refractivity contribution in [3.63, 3.8) is 0 Å².